The lowest BCUT2D eigenvalue weighted by Gasteiger charge is -2.31. The smallest absolute Gasteiger partial charge is 0.254 e. The first kappa shape index (κ1) is 24.2. The number of amides is 1. The number of rotatable bonds is 5. The molecule has 192 valence electrons. The van der Waals surface area contributed by atoms with Gasteiger partial charge in [0.05, 0.1) is 0 Å². The van der Waals surface area contributed by atoms with Crippen LogP contribution in [-0.4, -0.2) is 58.0 Å². The minimum Gasteiger partial charge on any atom is -0.384 e. The van der Waals surface area contributed by atoms with E-state index in [1.807, 2.05) is 15.9 Å². The summed E-state index contributed by atoms with van der Waals surface area (Å²) in [6, 6.07) is 13.2. The van der Waals surface area contributed by atoms with Crippen molar-refractivity contribution in [1.29, 1.82) is 0 Å². The number of β-amino-alcohol motifs (C(OH)–C–C–N with tert-alkyl or cyclic N) is 1. The predicted octanol–water partition coefficient (Wildman–Crippen LogP) is 3.83. The summed E-state index contributed by atoms with van der Waals surface area (Å²) < 4.78 is 29.0. The Hall–Kier alpha value is -3.20. The molecule has 0 bridgehead atoms. The van der Waals surface area contributed by atoms with Gasteiger partial charge in [0.1, 0.15) is 17.1 Å². The Morgan fingerprint density at radius 1 is 1.14 bits per heavy atom. The number of aliphatic hydroxyl groups is 1. The molecule has 3 aromatic rings. The van der Waals surface area contributed by atoms with Crippen molar-refractivity contribution in [1.82, 2.24) is 20.1 Å². The highest BCUT2D eigenvalue weighted by Gasteiger charge is 2.38. The van der Waals surface area contributed by atoms with Gasteiger partial charge in [-0.2, -0.15) is 0 Å². The van der Waals surface area contributed by atoms with Gasteiger partial charge in [0.2, 0.25) is 0 Å². The molecule has 2 unspecified atom stereocenters. The van der Waals surface area contributed by atoms with E-state index in [9.17, 15) is 14.3 Å². The minimum atomic E-state index is -1.09. The van der Waals surface area contributed by atoms with Gasteiger partial charge >= 0.3 is 0 Å². The summed E-state index contributed by atoms with van der Waals surface area (Å²) in [5.41, 5.74) is 2.58. The van der Waals surface area contributed by atoms with Gasteiger partial charge in [0, 0.05) is 61.7 Å². The van der Waals surface area contributed by atoms with E-state index in [1.54, 1.807) is 36.5 Å². The van der Waals surface area contributed by atoms with Crippen LogP contribution in [0, 0.1) is 11.6 Å². The minimum absolute atomic E-state index is 0.0418. The number of carbonyl (C=O) groups is 1. The molecule has 2 N–H and O–H groups in total. The van der Waals surface area contributed by atoms with E-state index in [-0.39, 0.29) is 23.5 Å². The molecule has 0 spiro atoms. The average molecular weight is 505 g/mol. The van der Waals surface area contributed by atoms with Gasteiger partial charge in [0.25, 0.3) is 5.91 Å². The number of benzene rings is 2. The Balaban J connectivity index is 1.20. The maximum atomic E-state index is 15.7. The number of hydrogen-bond acceptors (Lipinski definition) is 5. The monoisotopic (exact) mass is 504 g/mol. The van der Waals surface area contributed by atoms with Crippen molar-refractivity contribution in [2.24, 2.45) is 0 Å². The van der Waals surface area contributed by atoms with Crippen LogP contribution in [0.3, 0.4) is 0 Å². The molecule has 4 heterocycles. The fourth-order valence-corrected chi connectivity index (χ4v) is 5.93. The van der Waals surface area contributed by atoms with Crippen LogP contribution in [-0.2, 0) is 18.7 Å². The highest BCUT2D eigenvalue weighted by Crippen LogP contribution is 2.35. The fraction of sp³-hybridized carbons (Fsp3) is 0.379. The normalized spacial score (nSPS) is 24.0. The second-order valence-corrected chi connectivity index (χ2v) is 10.4. The number of nitrogens with one attached hydrogen (secondary N) is 1. The number of fused-ring (bicyclic) bond motifs is 1. The van der Waals surface area contributed by atoms with Crippen molar-refractivity contribution in [3.05, 3.63) is 88.6 Å². The molecule has 1 amide bonds. The Morgan fingerprint density at radius 2 is 1.97 bits per heavy atom. The van der Waals surface area contributed by atoms with Gasteiger partial charge in [-0.3, -0.25) is 14.7 Å². The van der Waals surface area contributed by atoms with E-state index >= 15 is 4.39 Å². The second kappa shape index (κ2) is 9.59. The summed E-state index contributed by atoms with van der Waals surface area (Å²) in [6.45, 7) is 3.58. The lowest BCUT2D eigenvalue weighted by Crippen LogP contribution is -2.46. The van der Waals surface area contributed by atoms with Crippen LogP contribution in [0.25, 0.3) is 11.3 Å². The van der Waals surface area contributed by atoms with Crippen LogP contribution < -0.4 is 5.32 Å². The van der Waals surface area contributed by atoms with Crippen LogP contribution in [0.5, 0.6) is 0 Å². The van der Waals surface area contributed by atoms with Gasteiger partial charge in [-0.05, 0) is 67.3 Å². The molecule has 6 rings (SSSR count). The summed E-state index contributed by atoms with van der Waals surface area (Å²) >= 11 is 0. The highest BCUT2D eigenvalue weighted by atomic mass is 19.1. The molecule has 0 aliphatic carbocycles. The number of nitrogens with zero attached hydrogens (tertiary/aromatic N) is 3. The Bertz CT molecular complexity index is 1330. The molecule has 2 fully saturated rings. The molecule has 37 heavy (non-hydrogen) atoms. The first-order chi connectivity index (χ1) is 17.9. The number of carbonyl (C=O) groups excluding carboxylic acids is 1. The lowest BCUT2D eigenvalue weighted by atomic mass is 9.93. The second-order valence-electron chi connectivity index (χ2n) is 10.4. The third-order valence-corrected chi connectivity index (χ3v) is 7.99. The summed E-state index contributed by atoms with van der Waals surface area (Å²) in [7, 11) is 0. The fourth-order valence-electron chi connectivity index (χ4n) is 5.93. The van der Waals surface area contributed by atoms with Crippen LogP contribution in [0.15, 0.2) is 54.7 Å². The summed E-state index contributed by atoms with van der Waals surface area (Å²) in [5.74, 6) is -0.694. The molecule has 8 heteroatoms. The van der Waals surface area contributed by atoms with Gasteiger partial charge < -0.3 is 15.3 Å². The number of aromatic nitrogens is 1. The number of pyridine rings is 1. The molecule has 0 saturated carbocycles. The molecule has 3 aliphatic heterocycles. The first-order valence-electron chi connectivity index (χ1n) is 12.9. The van der Waals surface area contributed by atoms with Gasteiger partial charge in [0.15, 0.2) is 5.82 Å². The van der Waals surface area contributed by atoms with Crippen LogP contribution in [0.2, 0.25) is 0 Å². The van der Waals surface area contributed by atoms with Gasteiger partial charge in [-0.25, -0.2) is 8.78 Å². The van der Waals surface area contributed by atoms with Crippen LogP contribution in [0.1, 0.15) is 46.3 Å². The average Bonchev–Trinajstić information content (AvgIpc) is 3.46. The van der Waals surface area contributed by atoms with E-state index in [4.69, 9.17) is 0 Å². The van der Waals surface area contributed by atoms with Crippen LogP contribution in [0.4, 0.5) is 8.78 Å². The third kappa shape index (κ3) is 4.54. The molecule has 0 radical (unpaired) electrons. The van der Waals surface area contributed by atoms with Gasteiger partial charge in [-0.15, -0.1) is 0 Å². The van der Waals surface area contributed by atoms with Crippen molar-refractivity contribution >= 4 is 5.91 Å². The van der Waals surface area contributed by atoms with E-state index in [1.165, 1.54) is 12.1 Å². The quantitative estimate of drug-likeness (QED) is 0.553. The lowest BCUT2D eigenvalue weighted by molar-refractivity contribution is 0.0451. The largest absolute Gasteiger partial charge is 0.384 e. The van der Waals surface area contributed by atoms with E-state index in [0.29, 0.717) is 54.9 Å². The predicted molar refractivity (Wildman–Crippen MR) is 136 cm³/mol. The van der Waals surface area contributed by atoms with Crippen molar-refractivity contribution in [2.75, 3.05) is 26.2 Å². The van der Waals surface area contributed by atoms with Crippen LogP contribution >= 0.6 is 0 Å². The SMILES string of the molecule is O=C1c2ccc(-c3nccc(CN4CCC(O)(c5ccc(F)cc5)C4)c3F)cc2CN1C1CCCNC1. The summed E-state index contributed by atoms with van der Waals surface area (Å²) in [4.78, 5) is 21.3. The number of piperidine rings is 1. The maximum Gasteiger partial charge on any atom is 0.254 e. The zero-order chi connectivity index (χ0) is 25.6. The first-order valence-corrected chi connectivity index (χ1v) is 12.9. The maximum absolute atomic E-state index is 15.7. The highest BCUT2D eigenvalue weighted by molar-refractivity contribution is 5.99. The zero-order valence-electron chi connectivity index (χ0n) is 20.6. The molecule has 1 aromatic heterocycles. The van der Waals surface area contributed by atoms with Crippen molar-refractivity contribution in [3.8, 4) is 11.3 Å². The molecular formula is C29H30F2N4O2. The Morgan fingerprint density at radius 3 is 2.76 bits per heavy atom. The van der Waals surface area contributed by atoms with E-state index < -0.39 is 11.4 Å². The molecule has 2 saturated heterocycles. The Labute approximate surface area is 214 Å². The third-order valence-electron chi connectivity index (χ3n) is 7.99. The van der Waals surface area contributed by atoms with E-state index in [2.05, 4.69) is 10.3 Å². The van der Waals surface area contributed by atoms with Crippen molar-refractivity contribution in [2.45, 2.75) is 44.0 Å². The molecule has 3 aliphatic rings. The standard InChI is InChI=1S/C29H30F2N4O2/c30-23-6-4-22(5-7-23)29(37)10-13-34(18-29)16-20-9-12-33-27(26(20)31)19-3-8-25-21(14-19)17-35(28(25)36)24-2-1-11-32-15-24/h3-9,12,14,24,32,37H,1-2,10-11,13,15-18H2. The Kier molecular flexibility index (Phi) is 6.26. The number of halogens is 2. The molecule has 6 nitrogen and oxygen atoms in total. The van der Waals surface area contributed by atoms with E-state index in [0.717, 1.165) is 31.5 Å². The molecule has 2 aromatic carbocycles. The van der Waals surface area contributed by atoms with Gasteiger partial charge in [-0.1, -0.05) is 18.2 Å². The summed E-state index contributed by atoms with van der Waals surface area (Å²) in [5, 5.41) is 14.5. The molecule has 2 atom stereocenters. The number of hydrogen-bond donors (Lipinski definition) is 2. The molecular weight excluding hydrogens is 474 g/mol. The zero-order valence-corrected chi connectivity index (χ0v) is 20.6. The summed E-state index contributed by atoms with van der Waals surface area (Å²) in [6.07, 6.45) is 4.14. The number of likely N-dealkylation sites (tertiary alicyclic amines) is 1. The van der Waals surface area contributed by atoms with Crippen molar-refractivity contribution in [3.63, 3.8) is 0 Å². The van der Waals surface area contributed by atoms with Crippen molar-refractivity contribution < 1.29 is 18.7 Å². The topological polar surface area (TPSA) is 68.7 Å².